The first kappa shape index (κ1) is 14.0. The smallest absolute Gasteiger partial charge is 0.240 e. The van der Waals surface area contributed by atoms with E-state index in [1.807, 2.05) is 20.8 Å². The standard InChI is InChI=1S/C12H20N2O2S/c1-9-7-10(5-6-11(9)13)17(15,16)14-8-12(2,3)4/h5-7,14H,8,13H2,1-4H3. The molecule has 0 aliphatic heterocycles. The third-order valence-electron chi connectivity index (χ3n) is 2.34. The highest BCUT2D eigenvalue weighted by molar-refractivity contribution is 7.89. The summed E-state index contributed by atoms with van der Waals surface area (Å²) >= 11 is 0. The predicted molar refractivity (Wildman–Crippen MR) is 70.2 cm³/mol. The lowest BCUT2D eigenvalue weighted by molar-refractivity contribution is 0.407. The summed E-state index contributed by atoms with van der Waals surface area (Å²) in [7, 11) is -3.44. The quantitative estimate of drug-likeness (QED) is 0.811. The monoisotopic (exact) mass is 256 g/mol. The van der Waals surface area contributed by atoms with Crippen molar-refractivity contribution < 1.29 is 8.42 Å². The minimum atomic E-state index is -3.44. The summed E-state index contributed by atoms with van der Waals surface area (Å²) in [5.74, 6) is 0. The van der Waals surface area contributed by atoms with E-state index in [1.165, 1.54) is 6.07 Å². The van der Waals surface area contributed by atoms with Crippen molar-refractivity contribution in [3.8, 4) is 0 Å². The minimum Gasteiger partial charge on any atom is -0.399 e. The van der Waals surface area contributed by atoms with Crippen molar-refractivity contribution in [2.24, 2.45) is 5.41 Å². The maximum Gasteiger partial charge on any atom is 0.240 e. The zero-order chi connectivity index (χ0) is 13.3. The van der Waals surface area contributed by atoms with Gasteiger partial charge in [-0.15, -0.1) is 0 Å². The van der Waals surface area contributed by atoms with Crippen molar-refractivity contribution in [2.45, 2.75) is 32.6 Å². The number of anilines is 1. The topological polar surface area (TPSA) is 72.2 Å². The van der Waals surface area contributed by atoms with Crippen molar-refractivity contribution in [3.05, 3.63) is 23.8 Å². The van der Waals surface area contributed by atoms with Gasteiger partial charge in [-0.05, 0) is 36.1 Å². The second-order valence-electron chi connectivity index (χ2n) is 5.40. The fourth-order valence-electron chi connectivity index (χ4n) is 1.21. The molecule has 0 atom stereocenters. The van der Waals surface area contributed by atoms with Crippen molar-refractivity contribution in [3.63, 3.8) is 0 Å². The van der Waals surface area contributed by atoms with Crippen LogP contribution in [0.25, 0.3) is 0 Å². The SMILES string of the molecule is Cc1cc(S(=O)(=O)NCC(C)(C)C)ccc1N. The van der Waals surface area contributed by atoms with Gasteiger partial charge in [-0.2, -0.15) is 0 Å². The Labute approximate surface area is 103 Å². The fourth-order valence-corrected chi connectivity index (χ4v) is 2.58. The normalized spacial score (nSPS) is 12.7. The van der Waals surface area contributed by atoms with Gasteiger partial charge in [0, 0.05) is 12.2 Å². The number of nitrogens with two attached hydrogens (primary N) is 1. The Morgan fingerprint density at radius 3 is 2.35 bits per heavy atom. The molecule has 0 spiro atoms. The summed E-state index contributed by atoms with van der Waals surface area (Å²) in [6.07, 6.45) is 0. The molecule has 0 fully saturated rings. The summed E-state index contributed by atoms with van der Waals surface area (Å²) in [4.78, 5) is 0.258. The van der Waals surface area contributed by atoms with E-state index in [-0.39, 0.29) is 10.3 Å². The Balaban J connectivity index is 2.94. The number of aryl methyl sites for hydroxylation is 1. The summed E-state index contributed by atoms with van der Waals surface area (Å²) < 4.78 is 26.6. The first-order chi connectivity index (χ1) is 7.62. The maximum atomic E-state index is 12.0. The van der Waals surface area contributed by atoms with Crippen LogP contribution in [-0.2, 0) is 10.0 Å². The largest absolute Gasteiger partial charge is 0.399 e. The molecular weight excluding hydrogens is 236 g/mol. The first-order valence-electron chi connectivity index (χ1n) is 5.48. The lowest BCUT2D eigenvalue weighted by Crippen LogP contribution is -2.32. The lowest BCUT2D eigenvalue weighted by atomic mass is 9.98. The molecule has 0 saturated heterocycles. The van der Waals surface area contributed by atoms with Gasteiger partial charge in [0.25, 0.3) is 0 Å². The zero-order valence-corrected chi connectivity index (χ0v) is 11.6. The molecule has 4 nitrogen and oxygen atoms in total. The van der Waals surface area contributed by atoms with Crippen LogP contribution in [0.1, 0.15) is 26.3 Å². The molecule has 0 heterocycles. The Bertz CT molecular complexity index is 502. The van der Waals surface area contributed by atoms with Crippen LogP contribution in [-0.4, -0.2) is 15.0 Å². The molecule has 0 aliphatic carbocycles. The fraction of sp³-hybridized carbons (Fsp3) is 0.500. The van der Waals surface area contributed by atoms with E-state index in [1.54, 1.807) is 19.1 Å². The Morgan fingerprint density at radius 2 is 1.88 bits per heavy atom. The number of nitrogen functional groups attached to an aromatic ring is 1. The van der Waals surface area contributed by atoms with Crippen LogP contribution in [0.4, 0.5) is 5.69 Å². The highest BCUT2D eigenvalue weighted by Crippen LogP contribution is 2.18. The average Bonchev–Trinajstić information content (AvgIpc) is 2.18. The molecule has 0 amide bonds. The highest BCUT2D eigenvalue weighted by Gasteiger charge is 2.18. The van der Waals surface area contributed by atoms with Crippen LogP contribution in [0.3, 0.4) is 0 Å². The van der Waals surface area contributed by atoms with E-state index in [0.717, 1.165) is 5.56 Å². The van der Waals surface area contributed by atoms with Gasteiger partial charge in [0.15, 0.2) is 0 Å². The van der Waals surface area contributed by atoms with Gasteiger partial charge in [-0.1, -0.05) is 20.8 Å². The molecule has 17 heavy (non-hydrogen) atoms. The van der Waals surface area contributed by atoms with Gasteiger partial charge >= 0.3 is 0 Å². The lowest BCUT2D eigenvalue weighted by Gasteiger charge is -2.19. The predicted octanol–water partition coefficient (Wildman–Crippen LogP) is 1.90. The van der Waals surface area contributed by atoms with Crippen LogP contribution in [0, 0.1) is 12.3 Å². The molecule has 1 aromatic carbocycles. The van der Waals surface area contributed by atoms with Crippen molar-refractivity contribution >= 4 is 15.7 Å². The van der Waals surface area contributed by atoms with E-state index >= 15 is 0 Å². The minimum absolute atomic E-state index is 0.0874. The van der Waals surface area contributed by atoms with Gasteiger partial charge in [0.2, 0.25) is 10.0 Å². The molecular formula is C12H20N2O2S. The molecule has 0 radical (unpaired) electrons. The highest BCUT2D eigenvalue weighted by atomic mass is 32.2. The number of sulfonamides is 1. The van der Waals surface area contributed by atoms with Crippen molar-refractivity contribution in [2.75, 3.05) is 12.3 Å². The number of hydrogen-bond acceptors (Lipinski definition) is 3. The third-order valence-corrected chi connectivity index (χ3v) is 3.74. The second kappa shape index (κ2) is 4.66. The van der Waals surface area contributed by atoms with Crippen LogP contribution in [0.2, 0.25) is 0 Å². The Kier molecular flexibility index (Phi) is 3.84. The summed E-state index contributed by atoms with van der Waals surface area (Å²) in [5, 5.41) is 0. The van der Waals surface area contributed by atoms with Crippen LogP contribution < -0.4 is 10.5 Å². The summed E-state index contributed by atoms with van der Waals surface area (Å²) in [6, 6.07) is 4.72. The van der Waals surface area contributed by atoms with E-state index in [9.17, 15) is 8.42 Å². The van der Waals surface area contributed by atoms with Gasteiger partial charge in [-0.3, -0.25) is 0 Å². The molecule has 3 N–H and O–H groups in total. The van der Waals surface area contributed by atoms with Crippen molar-refractivity contribution in [1.29, 1.82) is 0 Å². The number of rotatable bonds is 3. The molecule has 0 saturated carbocycles. The molecule has 0 bridgehead atoms. The molecule has 0 aromatic heterocycles. The molecule has 1 rings (SSSR count). The van der Waals surface area contributed by atoms with E-state index < -0.39 is 10.0 Å². The number of benzene rings is 1. The van der Waals surface area contributed by atoms with Crippen molar-refractivity contribution in [1.82, 2.24) is 4.72 Å². The van der Waals surface area contributed by atoms with Gasteiger partial charge < -0.3 is 5.73 Å². The average molecular weight is 256 g/mol. The van der Waals surface area contributed by atoms with Crippen LogP contribution in [0.5, 0.6) is 0 Å². The van der Waals surface area contributed by atoms with Gasteiger partial charge in [0.1, 0.15) is 0 Å². The summed E-state index contributed by atoms with van der Waals surface area (Å²) in [5.41, 5.74) is 6.94. The molecule has 96 valence electrons. The van der Waals surface area contributed by atoms with Gasteiger partial charge in [0.05, 0.1) is 4.90 Å². The van der Waals surface area contributed by atoms with E-state index in [0.29, 0.717) is 12.2 Å². The number of hydrogen-bond donors (Lipinski definition) is 2. The van der Waals surface area contributed by atoms with E-state index in [2.05, 4.69) is 4.72 Å². The van der Waals surface area contributed by atoms with E-state index in [4.69, 9.17) is 5.73 Å². The van der Waals surface area contributed by atoms with Crippen LogP contribution in [0.15, 0.2) is 23.1 Å². The molecule has 0 aliphatic rings. The Hall–Kier alpha value is -1.07. The number of nitrogens with one attached hydrogen (secondary N) is 1. The first-order valence-corrected chi connectivity index (χ1v) is 6.96. The van der Waals surface area contributed by atoms with Gasteiger partial charge in [-0.25, -0.2) is 13.1 Å². The third kappa shape index (κ3) is 4.02. The Morgan fingerprint density at radius 1 is 1.29 bits per heavy atom. The second-order valence-corrected chi connectivity index (χ2v) is 7.17. The summed E-state index contributed by atoms with van der Waals surface area (Å²) in [6.45, 7) is 8.12. The zero-order valence-electron chi connectivity index (χ0n) is 10.7. The molecule has 0 unspecified atom stereocenters. The molecule has 1 aromatic rings. The molecule has 5 heteroatoms. The van der Waals surface area contributed by atoms with Crippen LogP contribution >= 0.6 is 0 Å². The maximum absolute atomic E-state index is 12.0.